The lowest BCUT2D eigenvalue weighted by molar-refractivity contribution is 0.487. The second-order valence-corrected chi connectivity index (χ2v) is 3.30. The van der Waals surface area contributed by atoms with Crippen LogP contribution in [0.5, 0.6) is 0 Å². The van der Waals surface area contributed by atoms with Gasteiger partial charge in [-0.1, -0.05) is 0 Å². The van der Waals surface area contributed by atoms with E-state index in [1.165, 1.54) is 0 Å². The van der Waals surface area contributed by atoms with Crippen LogP contribution >= 0.6 is 0 Å². The first-order chi connectivity index (χ1) is 6.86. The van der Waals surface area contributed by atoms with Crippen molar-refractivity contribution in [1.82, 2.24) is 21.0 Å². The average molecular weight is 194 g/mol. The average Bonchev–Trinajstić information content (AvgIpc) is 2.63. The Morgan fingerprint density at radius 2 is 2.57 bits per heavy atom. The van der Waals surface area contributed by atoms with Gasteiger partial charge in [-0.15, -0.1) is 5.10 Å². The summed E-state index contributed by atoms with van der Waals surface area (Å²) in [4.78, 5) is 0. The highest BCUT2D eigenvalue weighted by Crippen LogP contribution is 2.05. The van der Waals surface area contributed by atoms with Gasteiger partial charge in [0.1, 0.15) is 5.82 Å². The van der Waals surface area contributed by atoms with Crippen LogP contribution in [-0.2, 0) is 0 Å². The van der Waals surface area contributed by atoms with E-state index in [1.807, 2.05) is 12.1 Å². The van der Waals surface area contributed by atoms with Crippen LogP contribution in [0.2, 0.25) is 0 Å². The van der Waals surface area contributed by atoms with Crippen molar-refractivity contribution < 1.29 is 0 Å². The minimum atomic E-state index is -0.000767. The highest BCUT2D eigenvalue weighted by Gasteiger charge is 2.22. The van der Waals surface area contributed by atoms with Crippen LogP contribution in [0.25, 0.3) is 0 Å². The number of nitrogens with two attached hydrogens (primary N) is 1. The number of hydrazine groups is 1. The summed E-state index contributed by atoms with van der Waals surface area (Å²) in [5.41, 5.74) is 11.8. The molecule has 6 heteroatoms. The molecule has 1 aromatic rings. The molecule has 1 aromatic heterocycles. The van der Waals surface area contributed by atoms with Gasteiger partial charge in [0.25, 0.3) is 0 Å². The molecule has 0 bridgehead atoms. The third kappa shape index (κ3) is 2.16. The highest BCUT2D eigenvalue weighted by atomic mass is 15.4. The summed E-state index contributed by atoms with van der Waals surface area (Å²) in [6.45, 7) is 1.66. The maximum Gasteiger partial charge on any atom is 0.148 e. The van der Waals surface area contributed by atoms with Crippen LogP contribution in [0.3, 0.4) is 0 Å². The minimum absolute atomic E-state index is 0.000767. The van der Waals surface area contributed by atoms with Gasteiger partial charge in [0.05, 0.1) is 6.17 Å². The number of rotatable bonds is 3. The zero-order valence-electron chi connectivity index (χ0n) is 7.77. The predicted molar refractivity (Wildman–Crippen MR) is 53.1 cm³/mol. The van der Waals surface area contributed by atoms with E-state index in [9.17, 15) is 0 Å². The Balaban J connectivity index is 1.82. The van der Waals surface area contributed by atoms with Crippen LogP contribution in [-0.4, -0.2) is 29.5 Å². The van der Waals surface area contributed by atoms with E-state index in [2.05, 4.69) is 26.4 Å². The van der Waals surface area contributed by atoms with E-state index < -0.39 is 0 Å². The molecule has 14 heavy (non-hydrogen) atoms. The number of nitrogens with one attached hydrogen (secondary N) is 3. The third-order valence-corrected chi connectivity index (χ3v) is 2.26. The van der Waals surface area contributed by atoms with Crippen molar-refractivity contribution in [1.29, 1.82) is 0 Å². The zero-order chi connectivity index (χ0) is 9.80. The van der Waals surface area contributed by atoms with Crippen molar-refractivity contribution >= 4 is 5.82 Å². The lowest BCUT2D eigenvalue weighted by atomic mass is 10.1. The molecule has 2 rings (SSSR count). The number of hydrogen-bond donors (Lipinski definition) is 4. The first kappa shape index (κ1) is 9.32. The molecular formula is C8H14N6. The molecule has 5 N–H and O–H groups in total. The van der Waals surface area contributed by atoms with Crippen LogP contribution in [0.1, 0.15) is 0 Å². The zero-order valence-corrected chi connectivity index (χ0v) is 7.77. The summed E-state index contributed by atoms with van der Waals surface area (Å²) < 4.78 is 0. The first-order valence-corrected chi connectivity index (χ1v) is 4.62. The van der Waals surface area contributed by atoms with E-state index in [4.69, 9.17) is 5.73 Å². The van der Waals surface area contributed by atoms with E-state index in [0.29, 0.717) is 5.92 Å². The molecule has 1 saturated heterocycles. The predicted octanol–water partition coefficient (Wildman–Crippen LogP) is -1.10. The summed E-state index contributed by atoms with van der Waals surface area (Å²) in [6.07, 6.45) is 1.65. The van der Waals surface area contributed by atoms with Gasteiger partial charge in [-0.3, -0.25) is 5.43 Å². The molecule has 2 atom stereocenters. The Hall–Kier alpha value is -1.24. The van der Waals surface area contributed by atoms with Gasteiger partial charge in [-0.2, -0.15) is 5.10 Å². The van der Waals surface area contributed by atoms with E-state index >= 15 is 0 Å². The van der Waals surface area contributed by atoms with Crippen LogP contribution in [0.4, 0.5) is 5.82 Å². The van der Waals surface area contributed by atoms with Gasteiger partial charge < -0.3 is 11.1 Å². The Labute approximate surface area is 82.3 Å². The molecule has 1 aliphatic heterocycles. The van der Waals surface area contributed by atoms with Crippen LogP contribution < -0.4 is 21.9 Å². The molecule has 76 valence electrons. The molecule has 0 saturated carbocycles. The summed E-state index contributed by atoms with van der Waals surface area (Å²) >= 11 is 0. The quantitative estimate of drug-likeness (QED) is 0.488. The fourth-order valence-corrected chi connectivity index (χ4v) is 1.38. The van der Waals surface area contributed by atoms with Gasteiger partial charge in [-0.05, 0) is 12.1 Å². The van der Waals surface area contributed by atoms with Crippen molar-refractivity contribution in [2.75, 3.05) is 18.4 Å². The Bertz CT molecular complexity index is 276. The molecule has 2 unspecified atom stereocenters. The number of nitrogens with zero attached hydrogens (tertiary/aromatic N) is 2. The fourth-order valence-electron chi connectivity index (χ4n) is 1.38. The van der Waals surface area contributed by atoms with E-state index in [1.54, 1.807) is 6.20 Å². The van der Waals surface area contributed by atoms with Crippen molar-refractivity contribution in [3.63, 3.8) is 0 Å². The molecule has 0 amide bonds. The molecule has 6 nitrogen and oxygen atoms in total. The standard InChI is InChI=1S/C8H14N6/c9-8-6(5-12-14-8)4-10-7-2-1-3-11-13-7/h1-3,6,8,12,14H,4-5,9H2,(H,10,13). The Kier molecular flexibility index (Phi) is 2.87. The monoisotopic (exact) mass is 194 g/mol. The highest BCUT2D eigenvalue weighted by molar-refractivity contribution is 5.31. The number of anilines is 1. The van der Waals surface area contributed by atoms with Gasteiger partial charge >= 0.3 is 0 Å². The summed E-state index contributed by atoms with van der Waals surface area (Å²) in [7, 11) is 0. The summed E-state index contributed by atoms with van der Waals surface area (Å²) in [5.74, 6) is 1.16. The van der Waals surface area contributed by atoms with Gasteiger partial charge in [-0.25, -0.2) is 5.43 Å². The van der Waals surface area contributed by atoms with Gasteiger partial charge in [0, 0.05) is 25.2 Å². The van der Waals surface area contributed by atoms with E-state index in [0.717, 1.165) is 18.9 Å². The van der Waals surface area contributed by atoms with Crippen molar-refractivity contribution in [3.05, 3.63) is 18.3 Å². The second-order valence-electron chi connectivity index (χ2n) is 3.30. The molecular weight excluding hydrogens is 180 g/mol. The Morgan fingerprint density at radius 1 is 1.64 bits per heavy atom. The van der Waals surface area contributed by atoms with Gasteiger partial charge in [0.15, 0.2) is 0 Å². The van der Waals surface area contributed by atoms with Crippen molar-refractivity contribution in [2.24, 2.45) is 11.7 Å². The van der Waals surface area contributed by atoms with E-state index in [-0.39, 0.29) is 6.17 Å². The SMILES string of the molecule is NC1NNCC1CNc1cccnn1. The molecule has 0 aromatic carbocycles. The summed E-state index contributed by atoms with van der Waals surface area (Å²) in [5, 5.41) is 10.9. The maximum atomic E-state index is 5.79. The second kappa shape index (κ2) is 4.32. The maximum absolute atomic E-state index is 5.79. The normalized spacial score (nSPS) is 26.4. The first-order valence-electron chi connectivity index (χ1n) is 4.62. The molecule has 1 fully saturated rings. The molecule has 0 aliphatic carbocycles. The minimum Gasteiger partial charge on any atom is -0.368 e. The topological polar surface area (TPSA) is 87.9 Å². The van der Waals surface area contributed by atoms with Crippen LogP contribution in [0, 0.1) is 5.92 Å². The lowest BCUT2D eigenvalue weighted by Gasteiger charge is -2.14. The van der Waals surface area contributed by atoms with Gasteiger partial charge in [0.2, 0.25) is 0 Å². The van der Waals surface area contributed by atoms with Crippen LogP contribution in [0.15, 0.2) is 18.3 Å². The Morgan fingerprint density at radius 3 is 3.21 bits per heavy atom. The molecule has 1 aliphatic rings. The molecule has 0 spiro atoms. The lowest BCUT2D eigenvalue weighted by Crippen LogP contribution is -2.41. The summed E-state index contributed by atoms with van der Waals surface area (Å²) in [6, 6.07) is 3.73. The fraction of sp³-hybridized carbons (Fsp3) is 0.500. The van der Waals surface area contributed by atoms with Crippen molar-refractivity contribution in [3.8, 4) is 0 Å². The number of aromatic nitrogens is 2. The molecule has 0 radical (unpaired) electrons. The smallest absolute Gasteiger partial charge is 0.148 e. The van der Waals surface area contributed by atoms with Crippen molar-refractivity contribution in [2.45, 2.75) is 6.17 Å². The largest absolute Gasteiger partial charge is 0.368 e. The number of hydrogen-bond acceptors (Lipinski definition) is 6. The molecule has 2 heterocycles. The third-order valence-electron chi connectivity index (χ3n) is 2.26.